The van der Waals surface area contributed by atoms with E-state index in [1.165, 1.54) is 13.0 Å². The first-order valence-electron chi connectivity index (χ1n) is 9.15. The van der Waals surface area contributed by atoms with Crippen molar-refractivity contribution in [2.75, 3.05) is 19.5 Å². The third kappa shape index (κ3) is 3.18. The van der Waals surface area contributed by atoms with E-state index in [2.05, 4.69) is 15.5 Å². The summed E-state index contributed by atoms with van der Waals surface area (Å²) >= 11 is 0. The number of hydrogen-bond acceptors (Lipinski definition) is 4. The van der Waals surface area contributed by atoms with Gasteiger partial charge in [0.2, 0.25) is 0 Å². The fourth-order valence-electron chi connectivity index (χ4n) is 3.56. The molecule has 0 spiro atoms. The molecule has 1 aliphatic rings. The largest absolute Gasteiger partial charge is 0.493 e. The van der Waals surface area contributed by atoms with Crippen LogP contribution in [0.3, 0.4) is 0 Å². The van der Waals surface area contributed by atoms with Gasteiger partial charge in [-0.1, -0.05) is 6.92 Å². The number of benzene rings is 2. The van der Waals surface area contributed by atoms with Crippen molar-refractivity contribution >= 4 is 11.5 Å². The van der Waals surface area contributed by atoms with Crippen molar-refractivity contribution < 1.29 is 22.6 Å². The van der Waals surface area contributed by atoms with Crippen LogP contribution in [0.1, 0.15) is 30.0 Å². The number of methoxy groups -OCH3 is 2. The molecular weight excluding hydrogens is 383 g/mol. The van der Waals surface area contributed by atoms with Crippen LogP contribution in [0.5, 0.6) is 11.5 Å². The molecule has 1 heterocycles. The first-order valence-corrected chi connectivity index (χ1v) is 9.15. The number of aromatic amines is 1. The van der Waals surface area contributed by atoms with Crippen LogP contribution in [-0.4, -0.2) is 24.4 Å². The van der Waals surface area contributed by atoms with Crippen molar-refractivity contribution in [1.29, 1.82) is 0 Å². The van der Waals surface area contributed by atoms with Gasteiger partial charge in [-0.3, -0.25) is 5.10 Å². The highest BCUT2D eigenvalue weighted by Gasteiger charge is 2.33. The summed E-state index contributed by atoms with van der Waals surface area (Å²) < 4.78 is 52.7. The summed E-state index contributed by atoms with van der Waals surface area (Å²) in [6, 6.07) is 7.37. The summed E-state index contributed by atoms with van der Waals surface area (Å²) in [7, 11) is 3.14. The maximum Gasteiger partial charge on any atom is 0.275 e. The maximum atomic E-state index is 14.0. The summed E-state index contributed by atoms with van der Waals surface area (Å²) in [5, 5.41) is 10.3. The lowest BCUT2D eigenvalue weighted by atomic mass is 10.0. The van der Waals surface area contributed by atoms with E-state index < -0.39 is 23.7 Å². The number of rotatable bonds is 6. The van der Waals surface area contributed by atoms with Gasteiger partial charge >= 0.3 is 0 Å². The number of H-pyrrole nitrogens is 1. The van der Waals surface area contributed by atoms with E-state index in [0.717, 1.165) is 34.5 Å². The van der Waals surface area contributed by atoms with Gasteiger partial charge in [0.15, 0.2) is 17.3 Å². The van der Waals surface area contributed by atoms with Gasteiger partial charge in [-0.15, -0.1) is 0 Å². The van der Waals surface area contributed by atoms with E-state index in [-0.39, 0.29) is 0 Å². The molecule has 0 saturated heterocycles. The second-order valence-electron chi connectivity index (χ2n) is 6.84. The molecule has 5 nitrogen and oxygen atoms in total. The van der Waals surface area contributed by atoms with Crippen LogP contribution in [0.15, 0.2) is 30.3 Å². The van der Waals surface area contributed by atoms with Crippen molar-refractivity contribution in [2.24, 2.45) is 0 Å². The van der Waals surface area contributed by atoms with E-state index >= 15 is 0 Å². The molecule has 1 aromatic heterocycles. The van der Waals surface area contributed by atoms with Gasteiger partial charge in [0.1, 0.15) is 5.82 Å². The second-order valence-corrected chi connectivity index (χ2v) is 6.84. The third-order valence-corrected chi connectivity index (χ3v) is 5.18. The fourth-order valence-corrected chi connectivity index (χ4v) is 3.56. The molecular formula is C21H20F3N3O2. The Morgan fingerprint density at radius 1 is 1.14 bits per heavy atom. The van der Waals surface area contributed by atoms with Gasteiger partial charge in [0.25, 0.3) is 5.92 Å². The Balaban J connectivity index is 1.67. The molecule has 0 bridgehead atoms. The summed E-state index contributed by atoms with van der Waals surface area (Å²) in [5.74, 6) is -2.43. The number of halogens is 3. The Morgan fingerprint density at radius 3 is 2.55 bits per heavy atom. The van der Waals surface area contributed by atoms with Crippen molar-refractivity contribution in [3.8, 4) is 22.8 Å². The van der Waals surface area contributed by atoms with Crippen LogP contribution in [0.25, 0.3) is 11.3 Å². The maximum absolute atomic E-state index is 14.0. The van der Waals surface area contributed by atoms with Gasteiger partial charge in [-0.05, 0) is 35.9 Å². The summed E-state index contributed by atoms with van der Waals surface area (Å²) in [4.78, 5) is 0. The summed E-state index contributed by atoms with van der Waals surface area (Å²) in [5.41, 5.74) is 3.40. The zero-order valence-corrected chi connectivity index (χ0v) is 16.2. The predicted octanol–water partition coefficient (Wildman–Crippen LogP) is 5.38. The number of nitrogens with one attached hydrogen (secondary N) is 2. The number of hydrogen-bond donors (Lipinski definition) is 2. The smallest absolute Gasteiger partial charge is 0.275 e. The molecule has 0 radical (unpaired) electrons. The monoisotopic (exact) mass is 403 g/mol. The van der Waals surface area contributed by atoms with Crippen molar-refractivity contribution in [3.63, 3.8) is 0 Å². The number of aromatic nitrogens is 2. The Hall–Kier alpha value is -3.16. The first-order chi connectivity index (χ1) is 13.9. The molecule has 0 atom stereocenters. The normalized spacial score (nSPS) is 12.5. The molecule has 4 rings (SSSR count). The minimum Gasteiger partial charge on any atom is -0.493 e. The van der Waals surface area contributed by atoms with Crippen molar-refractivity contribution in [2.45, 2.75) is 25.7 Å². The van der Waals surface area contributed by atoms with Gasteiger partial charge in [0.05, 0.1) is 25.5 Å². The Morgan fingerprint density at radius 2 is 1.86 bits per heavy atom. The Bertz CT molecular complexity index is 1080. The Labute approximate surface area is 165 Å². The highest BCUT2D eigenvalue weighted by atomic mass is 19.3. The average molecular weight is 403 g/mol. The van der Waals surface area contributed by atoms with Gasteiger partial charge in [-0.2, -0.15) is 5.10 Å². The molecule has 2 aromatic carbocycles. The van der Waals surface area contributed by atoms with Crippen LogP contribution in [-0.2, 0) is 12.3 Å². The van der Waals surface area contributed by atoms with Crippen LogP contribution >= 0.6 is 0 Å². The third-order valence-electron chi connectivity index (χ3n) is 5.18. The van der Waals surface area contributed by atoms with Crippen LogP contribution in [0.2, 0.25) is 0 Å². The van der Waals surface area contributed by atoms with E-state index in [1.54, 1.807) is 14.2 Å². The number of anilines is 2. The summed E-state index contributed by atoms with van der Waals surface area (Å²) in [6.07, 6.45) is 0.104. The molecule has 0 aliphatic heterocycles. The van der Waals surface area contributed by atoms with E-state index in [0.29, 0.717) is 29.4 Å². The molecule has 2 N–H and O–H groups in total. The lowest BCUT2D eigenvalue weighted by Gasteiger charge is -2.16. The zero-order valence-electron chi connectivity index (χ0n) is 16.2. The average Bonchev–Trinajstić information content (AvgIpc) is 3.27. The quantitative estimate of drug-likeness (QED) is 0.454. The number of alkyl halides is 2. The van der Waals surface area contributed by atoms with Gasteiger partial charge in [-0.25, -0.2) is 13.2 Å². The molecule has 0 fully saturated rings. The molecule has 1 aliphatic carbocycles. The number of ether oxygens (including phenoxy) is 2. The first kappa shape index (κ1) is 19.2. The molecule has 0 saturated carbocycles. The van der Waals surface area contributed by atoms with Gasteiger partial charge < -0.3 is 14.8 Å². The van der Waals surface area contributed by atoms with Crippen LogP contribution < -0.4 is 14.8 Å². The number of fused-ring (bicyclic) bond motifs is 3. The highest BCUT2D eigenvalue weighted by molar-refractivity contribution is 5.81. The van der Waals surface area contributed by atoms with Gasteiger partial charge in [0, 0.05) is 29.7 Å². The van der Waals surface area contributed by atoms with Crippen molar-refractivity contribution in [3.05, 3.63) is 52.8 Å². The lowest BCUT2D eigenvalue weighted by Crippen LogP contribution is -2.14. The lowest BCUT2D eigenvalue weighted by molar-refractivity contribution is -0.0117. The number of nitrogens with zero attached hydrogens (tertiary/aromatic N) is 1. The fraction of sp³-hybridized carbons (Fsp3) is 0.286. The van der Waals surface area contributed by atoms with Crippen LogP contribution in [0.4, 0.5) is 24.7 Å². The molecule has 0 amide bonds. The topological polar surface area (TPSA) is 59.2 Å². The minimum absolute atomic E-state index is 0.343. The standard InChI is InChI=1S/C21H20F3N3O2/c1-4-21(23,24)15-9-12(5-6-16(15)22)25-20-14-7-11-8-17(28-2)18(29-3)10-13(11)19(14)26-27-20/h5-6,8-10H,4,7H2,1-3H3,(H2,25,26,27). The zero-order chi connectivity index (χ0) is 20.8. The van der Waals surface area contributed by atoms with E-state index in [4.69, 9.17) is 9.47 Å². The van der Waals surface area contributed by atoms with Crippen molar-refractivity contribution in [1.82, 2.24) is 10.2 Å². The molecule has 8 heteroatoms. The summed E-state index contributed by atoms with van der Waals surface area (Å²) in [6.45, 7) is 1.32. The minimum atomic E-state index is -3.24. The Kier molecular flexibility index (Phi) is 4.64. The SMILES string of the molecule is CCC(F)(F)c1cc(Nc2n[nH]c3c2Cc2cc(OC)c(OC)cc2-3)ccc1F. The molecule has 3 aromatic rings. The van der Waals surface area contributed by atoms with E-state index in [1.807, 2.05) is 12.1 Å². The molecule has 29 heavy (non-hydrogen) atoms. The highest BCUT2D eigenvalue weighted by Crippen LogP contribution is 2.44. The molecule has 0 unspecified atom stereocenters. The molecule has 152 valence electrons. The predicted molar refractivity (Wildman–Crippen MR) is 104 cm³/mol. The second kappa shape index (κ2) is 7.02. The van der Waals surface area contributed by atoms with Crippen LogP contribution in [0, 0.1) is 5.82 Å². The van der Waals surface area contributed by atoms with E-state index in [9.17, 15) is 13.2 Å².